The van der Waals surface area contributed by atoms with Gasteiger partial charge in [-0.25, -0.2) is 4.39 Å². The number of halogens is 1. The fourth-order valence-corrected chi connectivity index (χ4v) is 2.77. The van der Waals surface area contributed by atoms with E-state index in [-0.39, 0.29) is 23.8 Å². The van der Waals surface area contributed by atoms with Crippen LogP contribution >= 0.6 is 0 Å². The Morgan fingerprint density at radius 3 is 2.60 bits per heavy atom. The molecule has 0 amide bonds. The van der Waals surface area contributed by atoms with Gasteiger partial charge in [0.2, 0.25) is 0 Å². The van der Waals surface area contributed by atoms with Gasteiger partial charge < -0.3 is 9.47 Å². The van der Waals surface area contributed by atoms with E-state index >= 15 is 0 Å². The first-order chi connectivity index (χ1) is 9.72. The van der Waals surface area contributed by atoms with Crippen LogP contribution in [-0.2, 0) is 14.3 Å². The summed E-state index contributed by atoms with van der Waals surface area (Å²) in [5, 5.41) is 0. The molecule has 0 bridgehead atoms. The molecule has 0 aromatic heterocycles. The molecule has 2 heterocycles. The lowest BCUT2D eigenvalue weighted by Crippen LogP contribution is -2.40. The summed E-state index contributed by atoms with van der Waals surface area (Å²) < 4.78 is 23.6. The van der Waals surface area contributed by atoms with Crippen LogP contribution in [0.4, 0.5) is 4.39 Å². The molecule has 4 nitrogen and oxygen atoms in total. The van der Waals surface area contributed by atoms with Gasteiger partial charge in [-0.15, -0.1) is 0 Å². The SMILES string of the molecule is O=C1O[C@@H](c2ccc(F)cc2)C[C@@H]1CN1CCOCC1. The molecule has 0 N–H and O–H groups in total. The average molecular weight is 279 g/mol. The van der Waals surface area contributed by atoms with Gasteiger partial charge in [-0.2, -0.15) is 0 Å². The van der Waals surface area contributed by atoms with Crippen LogP contribution in [0.3, 0.4) is 0 Å². The number of morpholine rings is 1. The molecule has 5 heteroatoms. The fraction of sp³-hybridized carbons (Fsp3) is 0.533. The number of cyclic esters (lactones) is 1. The molecule has 1 aromatic rings. The van der Waals surface area contributed by atoms with Crippen LogP contribution in [0.15, 0.2) is 24.3 Å². The lowest BCUT2D eigenvalue weighted by molar-refractivity contribution is -0.145. The van der Waals surface area contributed by atoms with Crippen molar-refractivity contribution in [2.24, 2.45) is 5.92 Å². The molecule has 2 aliphatic heterocycles. The van der Waals surface area contributed by atoms with Crippen LogP contribution in [0, 0.1) is 11.7 Å². The molecule has 0 unspecified atom stereocenters. The number of benzene rings is 1. The topological polar surface area (TPSA) is 38.8 Å². The summed E-state index contributed by atoms with van der Waals surface area (Å²) >= 11 is 0. The van der Waals surface area contributed by atoms with Crippen molar-refractivity contribution in [1.29, 1.82) is 0 Å². The smallest absolute Gasteiger partial charge is 0.311 e. The first-order valence-electron chi connectivity index (χ1n) is 6.98. The Hall–Kier alpha value is -1.46. The number of nitrogens with zero attached hydrogens (tertiary/aromatic N) is 1. The third kappa shape index (κ3) is 2.99. The first kappa shape index (κ1) is 13.5. The number of hydrogen-bond donors (Lipinski definition) is 0. The van der Waals surface area contributed by atoms with Gasteiger partial charge in [0.1, 0.15) is 11.9 Å². The van der Waals surface area contributed by atoms with Crippen molar-refractivity contribution in [1.82, 2.24) is 4.90 Å². The van der Waals surface area contributed by atoms with Gasteiger partial charge in [-0.1, -0.05) is 12.1 Å². The van der Waals surface area contributed by atoms with Crippen molar-refractivity contribution in [3.8, 4) is 0 Å². The summed E-state index contributed by atoms with van der Waals surface area (Å²) in [4.78, 5) is 14.2. The van der Waals surface area contributed by atoms with E-state index in [9.17, 15) is 9.18 Å². The second-order valence-corrected chi connectivity index (χ2v) is 5.32. The molecule has 0 aliphatic carbocycles. The number of carbonyl (C=O) groups excluding carboxylic acids is 1. The van der Waals surface area contributed by atoms with Crippen LogP contribution in [0.2, 0.25) is 0 Å². The molecule has 0 spiro atoms. The van der Waals surface area contributed by atoms with E-state index in [4.69, 9.17) is 9.47 Å². The van der Waals surface area contributed by atoms with Crippen LogP contribution in [0.1, 0.15) is 18.1 Å². The lowest BCUT2D eigenvalue weighted by atomic mass is 9.99. The van der Waals surface area contributed by atoms with Gasteiger partial charge in [-0.05, 0) is 17.7 Å². The van der Waals surface area contributed by atoms with Crippen LogP contribution in [0.5, 0.6) is 0 Å². The highest BCUT2D eigenvalue weighted by molar-refractivity contribution is 5.75. The molecule has 2 atom stereocenters. The maximum atomic E-state index is 12.9. The Morgan fingerprint density at radius 1 is 1.20 bits per heavy atom. The number of rotatable bonds is 3. The summed E-state index contributed by atoms with van der Waals surface area (Å²) in [5.74, 6) is -0.517. The maximum absolute atomic E-state index is 12.9. The number of esters is 1. The number of carbonyl (C=O) groups is 1. The molecule has 0 radical (unpaired) electrons. The fourth-order valence-electron chi connectivity index (χ4n) is 2.77. The highest BCUT2D eigenvalue weighted by Crippen LogP contribution is 2.34. The molecule has 20 heavy (non-hydrogen) atoms. The van der Waals surface area contributed by atoms with E-state index in [1.807, 2.05) is 0 Å². The van der Waals surface area contributed by atoms with E-state index in [1.165, 1.54) is 12.1 Å². The quantitative estimate of drug-likeness (QED) is 0.790. The van der Waals surface area contributed by atoms with Crippen molar-refractivity contribution in [2.45, 2.75) is 12.5 Å². The molecule has 0 saturated carbocycles. The molecule has 108 valence electrons. The monoisotopic (exact) mass is 279 g/mol. The predicted octanol–water partition coefficient (Wildman–Crippen LogP) is 1.76. The van der Waals surface area contributed by atoms with Crippen LogP contribution < -0.4 is 0 Å². The maximum Gasteiger partial charge on any atom is 0.311 e. The van der Waals surface area contributed by atoms with Gasteiger partial charge in [0, 0.05) is 26.1 Å². The van der Waals surface area contributed by atoms with Gasteiger partial charge in [0.05, 0.1) is 19.1 Å². The Bertz CT molecular complexity index is 471. The minimum absolute atomic E-state index is 0.0943. The second kappa shape index (κ2) is 5.89. The lowest BCUT2D eigenvalue weighted by Gasteiger charge is -2.27. The predicted molar refractivity (Wildman–Crippen MR) is 70.6 cm³/mol. The van der Waals surface area contributed by atoms with Crippen molar-refractivity contribution < 1.29 is 18.7 Å². The minimum atomic E-state index is -0.275. The van der Waals surface area contributed by atoms with E-state index < -0.39 is 0 Å². The van der Waals surface area contributed by atoms with Crippen molar-refractivity contribution in [3.05, 3.63) is 35.6 Å². The van der Waals surface area contributed by atoms with Crippen molar-refractivity contribution >= 4 is 5.97 Å². The van der Waals surface area contributed by atoms with Crippen LogP contribution in [-0.4, -0.2) is 43.7 Å². The summed E-state index contributed by atoms with van der Waals surface area (Å²) in [6.07, 6.45) is 0.427. The van der Waals surface area contributed by atoms with Crippen LogP contribution in [0.25, 0.3) is 0 Å². The zero-order valence-corrected chi connectivity index (χ0v) is 11.3. The highest BCUT2D eigenvalue weighted by atomic mass is 19.1. The Labute approximate surface area is 117 Å². The van der Waals surface area contributed by atoms with E-state index in [0.717, 1.165) is 38.4 Å². The van der Waals surface area contributed by atoms with Gasteiger partial charge in [-0.3, -0.25) is 9.69 Å². The largest absolute Gasteiger partial charge is 0.457 e. The summed E-state index contributed by atoms with van der Waals surface area (Å²) in [6, 6.07) is 6.17. The zero-order chi connectivity index (χ0) is 13.9. The zero-order valence-electron chi connectivity index (χ0n) is 11.3. The molecule has 3 rings (SSSR count). The van der Waals surface area contributed by atoms with E-state index in [2.05, 4.69) is 4.90 Å². The third-order valence-electron chi connectivity index (χ3n) is 3.91. The standard InChI is InChI=1S/C15H18FNO3/c16-13-3-1-11(2-4-13)14-9-12(15(18)20-14)10-17-5-7-19-8-6-17/h1-4,12,14H,5-10H2/t12-,14-/m1/s1. The molecule has 1 aromatic carbocycles. The Morgan fingerprint density at radius 2 is 1.90 bits per heavy atom. The normalized spacial score (nSPS) is 27.6. The van der Waals surface area contributed by atoms with Gasteiger partial charge in [0.25, 0.3) is 0 Å². The highest BCUT2D eigenvalue weighted by Gasteiger charge is 2.36. The molecule has 2 fully saturated rings. The number of hydrogen-bond acceptors (Lipinski definition) is 4. The summed E-state index contributed by atoms with van der Waals surface area (Å²) in [5.41, 5.74) is 0.865. The average Bonchev–Trinajstić information content (AvgIpc) is 2.82. The Kier molecular flexibility index (Phi) is 3.98. The number of ether oxygens (including phenoxy) is 2. The van der Waals surface area contributed by atoms with Crippen molar-refractivity contribution in [2.75, 3.05) is 32.8 Å². The third-order valence-corrected chi connectivity index (χ3v) is 3.91. The van der Waals surface area contributed by atoms with E-state index in [0.29, 0.717) is 6.42 Å². The minimum Gasteiger partial charge on any atom is -0.457 e. The molecular weight excluding hydrogens is 261 g/mol. The van der Waals surface area contributed by atoms with Gasteiger partial charge in [0.15, 0.2) is 0 Å². The Balaban J connectivity index is 1.61. The van der Waals surface area contributed by atoms with E-state index in [1.54, 1.807) is 12.1 Å². The second-order valence-electron chi connectivity index (χ2n) is 5.32. The molecular formula is C15H18FNO3. The molecule has 2 saturated heterocycles. The first-order valence-corrected chi connectivity index (χ1v) is 6.98. The summed E-state index contributed by atoms with van der Waals surface area (Å²) in [7, 11) is 0. The van der Waals surface area contributed by atoms with Gasteiger partial charge >= 0.3 is 5.97 Å². The summed E-state index contributed by atoms with van der Waals surface area (Å²) in [6.45, 7) is 3.90. The van der Waals surface area contributed by atoms with Crippen molar-refractivity contribution in [3.63, 3.8) is 0 Å². The molecule has 2 aliphatic rings.